The molecule has 0 saturated carbocycles. The van der Waals surface area contributed by atoms with Crippen LogP contribution in [0.4, 0.5) is 26.6 Å². The lowest BCUT2D eigenvalue weighted by Gasteiger charge is -2.28. The van der Waals surface area contributed by atoms with E-state index in [1.54, 1.807) is 13.2 Å². The van der Waals surface area contributed by atoms with E-state index >= 15 is 0 Å². The van der Waals surface area contributed by atoms with E-state index in [0.717, 1.165) is 17.6 Å². The molecule has 33 heavy (non-hydrogen) atoms. The van der Waals surface area contributed by atoms with Gasteiger partial charge in [-0.05, 0) is 30.0 Å². The number of nitrogen functional groups attached to an aromatic ring is 1. The number of halogens is 2. The number of aliphatic imine (C=N–C) groups is 1. The molecule has 3 N–H and O–H groups in total. The summed E-state index contributed by atoms with van der Waals surface area (Å²) in [4.78, 5) is 29.6. The smallest absolute Gasteiger partial charge is 0.324 e. The number of rotatable bonds is 4. The first kappa shape index (κ1) is 23.0. The fraction of sp³-hybridized carbons (Fsp3) is 0.391. The number of nitrogens with two attached hydrogens (primary N) is 1. The van der Waals surface area contributed by atoms with Crippen molar-refractivity contribution in [3.8, 4) is 0 Å². The predicted molar refractivity (Wildman–Crippen MR) is 131 cm³/mol. The molecule has 0 aliphatic carbocycles. The largest absolute Gasteiger partial charge is 0.396 e. The summed E-state index contributed by atoms with van der Waals surface area (Å²) in [5, 5.41) is 3.15. The molecule has 1 aromatic heterocycles. The SMILES string of the molecule is CN(C(=O)NCCC(C)(C)C)c1ncc2c(n1)N1CCN=C1C(c1cc(N)c(F)cc1Cl)=C2. The Morgan fingerprint density at radius 1 is 1.36 bits per heavy atom. The molecule has 8 nitrogen and oxygen atoms in total. The van der Waals surface area contributed by atoms with Crippen LogP contribution >= 0.6 is 11.6 Å². The van der Waals surface area contributed by atoms with Gasteiger partial charge in [-0.2, -0.15) is 4.98 Å². The second-order valence-corrected chi connectivity index (χ2v) is 9.73. The fourth-order valence-corrected chi connectivity index (χ4v) is 3.93. The Kier molecular flexibility index (Phi) is 6.00. The van der Waals surface area contributed by atoms with Gasteiger partial charge in [-0.1, -0.05) is 32.4 Å². The Labute approximate surface area is 197 Å². The van der Waals surface area contributed by atoms with E-state index in [4.69, 9.17) is 17.3 Å². The molecule has 2 amide bonds. The molecule has 2 aromatic rings. The van der Waals surface area contributed by atoms with E-state index in [1.165, 1.54) is 17.0 Å². The second kappa shape index (κ2) is 8.62. The lowest BCUT2D eigenvalue weighted by atomic mass is 9.92. The van der Waals surface area contributed by atoms with Crippen LogP contribution in [0.25, 0.3) is 11.6 Å². The van der Waals surface area contributed by atoms with E-state index in [9.17, 15) is 9.18 Å². The van der Waals surface area contributed by atoms with Gasteiger partial charge in [0.2, 0.25) is 5.95 Å². The molecule has 10 heteroatoms. The standard InChI is InChI=1S/C23H27ClFN7O/c1-23(2,3)5-6-28-22(33)31(4)21-29-12-13-9-15(14-10-18(26)17(25)11-16(14)24)20-27-7-8-32(20)19(13)30-21/h9-12H,5-8,26H2,1-4H3,(H,28,33). The number of nitrogens with one attached hydrogen (secondary N) is 1. The molecule has 0 saturated heterocycles. The number of amidine groups is 1. The van der Waals surface area contributed by atoms with Gasteiger partial charge in [-0.15, -0.1) is 0 Å². The zero-order valence-corrected chi connectivity index (χ0v) is 19.9. The second-order valence-electron chi connectivity index (χ2n) is 9.32. The van der Waals surface area contributed by atoms with E-state index in [-0.39, 0.29) is 28.1 Å². The van der Waals surface area contributed by atoms with Crippen molar-refractivity contribution >= 4 is 52.6 Å². The summed E-state index contributed by atoms with van der Waals surface area (Å²) in [6.07, 6.45) is 4.38. The normalized spacial score (nSPS) is 14.9. The molecule has 174 valence electrons. The summed E-state index contributed by atoms with van der Waals surface area (Å²) < 4.78 is 13.8. The Morgan fingerprint density at radius 3 is 2.85 bits per heavy atom. The zero-order chi connectivity index (χ0) is 23.9. The predicted octanol–water partition coefficient (Wildman–Crippen LogP) is 4.21. The highest BCUT2D eigenvalue weighted by Gasteiger charge is 2.32. The summed E-state index contributed by atoms with van der Waals surface area (Å²) in [7, 11) is 1.64. The summed E-state index contributed by atoms with van der Waals surface area (Å²) in [5.74, 6) is 1.05. The van der Waals surface area contributed by atoms with Crippen LogP contribution in [0.2, 0.25) is 5.02 Å². The number of nitrogens with zero attached hydrogens (tertiary/aromatic N) is 5. The molecule has 0 fully saturated rings. The maximum atomic E-state index is 13.8. The fourth-order valence-electron chi connectivity index (χ4n) is 3.68. The van der Waals surface area contributed by atoms with Crippen molar-refractivity contribution in [1.29, 1.82) is 0 Å². The van der Waals surface area contributed by atoms with Gasteiger partial charge >= 0.3 is 6.03 Å². The van der Waals surface area contributed by atoms with Crippen LogP contribution in [0.5, 0.6) is 0 Å². The summed E-state index contributed by atoms with van der Waals surface area (Å²) in [5.41, 5.74) is 7.98. The van der Waals surface area contributed by atoms with Crippen LogP contribution in [0.15, 0.2) is 23.3 Å². The number of carbonyl (C=O) groups is 1. The molecular formula is C23H27ClFN7O. The first-order valence-corrected chi connectivity index (χ1v) is 11.1. The maximum Gasteiger partial charge on any atom is 0.324 e. The van der Waals surface area contributed by atoms with Crippen molar-refractivity contribution in [2.75, 3.05) is 42.2 Å². The van der Waals surface area contributed by atoms with Crippen molar-refractivity contribution in [2.24, 2.45) is 10.4 Å². The number of benzene rings is 1. The van der Waals surface area contributed by atoms with Gasteiger partial charge in [0, 0.05) is 43.0 Å². The Balaban J connectivity index is 1.64. The molecule has 0 unspecified atom stereocenters. The molecule has 2 aliphatic heterocycles. The molecule has 0 spiro atoms. The van der Waals surface area contributed by atoms with Gasteiger partial charge in [0.05, 0.1) is 17.3 Å². The van der Waals surface area contributed by atoms with Crippen molar-refractivity contribution in [1.82, 2.24) is 15.3 Å². The monoisotopic (exact) mass is 471 g/mol. The molecular weight excluding hydrogens is 445 g/mol. The third-order valence-corrected chi connectivity index (χ3v) is 5.87. The van der Waals surface area contributed by atoms with Gasteiger partial charge < -0.3 is 16.0 Å². The number of aromatic nitrogens is 2. The van der Waals surface area contributed by atoms with Crippen molar-refractivity contribution in [2.45, 2.75) is 27.2 Å². The number of urea groups is 1. The Hall–Kier alpha value is -3.20. The number of hydrogen-bond acceptors (Lipinski definition) is 6. The third kappa shape index (κ3) is 4.64. The molecule has 3 heterocycles. The molecule has 0 bridgehead atoms. The summed E-state index contributed by atoms with van der Waals surface area (Å²) >= 11 is 6.33. The first-order valence-electron chi connectivity index (χ1n) is 10.7. The molecule has 2 aliphatic rings. The van der Waals surface area contributed by atoms with E-state index in [2.05, 4.69) is 41.0 Å². The number of anilines is 3. The van der Waals surface area contributed by atoms with Gasteiger partial charge in [-0.3, -0.25) is 9.89 Å². The molecule has 0 atom stereocenters. The highest BCUT2D eigenvalue weighted by molar-refractivity contribution is 6.40. The van der Waals surface area contributed by atoms with Crippen molar-refractivity contribution in [3.63, 3.8) is 0 Å². The minimum Gasteiger partial charge on any atom is -0.396 e. The van der Waals surface area contributed by atoms with E-state index < -0.39 is 5.82 Å². The van der Waals surface area contributed by atoms with Crippen LogP contribution in [-0.4, -0.2) is 48.5 Å². The third-order valence-electron chi connectivity index (χ3n) is 5.55. The van der Waals surface area contributed by atoms with Gasteiger partial charge in [0.25, 0.3) is 0 Å². The van der Waals surface area contributed by atoms with Crippen LogP contribution in [0.1, 0.15) is 38.3 Å². The van der Waals surface area contributed by atoms with E-state index in [0.29, 0.717) is 36.9 Å². The summed E-state index contributed by atoms with van der Waals surface area (Å²) in [6, 6.07) is 2.45. The minimum atomic E-state index is -0.567. The van der Waals surface area contributed by atoms with Crippen molar-refractivity contribution < 1.29 is 9.18 Å². The minimum absolute atomic E-state index is 0.0111. The summed E-state index contributed by atoms with van der Waals surface area (Å²) in [6.45, 7) is 8.13. The molecule has 4 rings (SSSR count). The topological polar surface area (TPSA) is 99.7 Å². The first-order chi connectivity index (χ1) is 15.5. The Bertz CT molecular complexity index is 1170. The number of hydrogen-bond donors (Lipinski definition) is 2. The van der Waals surface area contributed by atoms with Crippen LogP contribution in [0.3, 0.4) is 0 Å². The average Bonchev–Trinajstić information content (AvgIpc) is 3.24. The van der Waals surface area contributed by atoms with Gasteiger partial charge in [0.1, 0.15) is 17.5 Å². The van der Waals surface area contributed by atoms with E-state index in [1.807, 2.05) is 11.0 Å². The lowest BCUT2D eigenvalue weighted by molar-refractivity contribution is 0.245. The maximum absolute atomic E-state index is 13.8. The lowest BCUT2D eigenvalue weighted by Crippen LogP contribution is -2.40. The van der Waals surface area contributed by atoms with Gasteiger partial charge in [0.15, 0.2) is 0 Å². The number of fused-ring (bicyclic) bond motifs is 3. The van der Waals surface area contributed by atoms with Crippen molar-refractivity contribution in [3.05, 3.63) is 40.3 Å². The van der Waals surface area contributed by atoms with Gasteiger partial charge in [-0.25, -0.2) is 14.2 Å². The highest BCUT2D eigenvalue weighted by atomic mass is 35.5. The average molecular weight is 472 g/mol. The number of carbonyl (C=O) groups excluding carboxylic acids is 1. The Morgan fingerprint density at radius 2 is 2.12 bits per heavy atom. The molecule has 1 aromatic carbocycles. The van der Waals surface area contributed by atoms with Crippen LogP contribution < -0.4 is 20.9 Å². The zero-order valence-electron chi connectivity index (χ0n) is 19.1. The number of amides is 2. The van der Waals surface area contributed by atoms with Crippen LogP contribution in [-0.2, 0) is 0 Å². The quantitative estimate of drug-likeness (QED) is 0.651. The van der Waals surface area contributed by atoms with Crippen LogP contribution in [0, 0.1) is 11.2 Å². The molecule has 0 radical (unpaired) electrons. The highest BCUT2D eigenvalue weighted by Crippen LogP contribution is 2.38.